The molecule has 2 N–H and O–H groups in total. The van der Waals surface area contributed by atoms with Crippen LogP contribution >= 0.6 is 0 Å². The fourth-order valence-corrected chi connectivity index (χ4v) is 5.29. The highest BCUT2D eigenvalue weighted by atomic mass is 16.1. The molecule has 0 radical (unpaired) electrons. The lowest BCUT2D eigenvalue weighted by atomic mass is 9.96. The van der Waals surface area contributed by atoms with E-state index in [2.05, 4.69) is 75.1 Å². The highest BCUT2D eigenvalue weighted by Crippen LogP contribution is 2.40. The molecule has 1 aliphatic heterocycles. The maximum Gasteiger partial charge on any atom is 0.247 e. The summed E-state index contributed by atoms with van der Waals surface area (Å²) in [5, 5.41) is 3.94. The number of hydrogen-bond donors (Lipinski definition) is 2. The largest absolute Gasteiger partial charge is 0.369 e. The molecule has 8 heteroatoms. The number of carbonyl (C=O) groups is 1. The van der Waals surface area contributed by atoms with E-state index in [1.165, 1.54) is 11.8 Å². The molecule has 206 valence electrons. The van der Waals surface area contributed by atoms with Crippen molar-refractivity contribution in [3.05, 3.63) is 85.5 Å². The van der Waals surface area contributed by atoms with Crippen molar-refractivity contribution in [3.8, 4) is 33.6 Å². The van der Waals surface area contributed by atoms with Crippen molar-refractivity contribution < 1.29 is 7.65 Å². The van der Waals surface area contributed by atoms with E-state index in [4.69, 9.17) is 4.98 Å². The fraction of sp³-hybridized carbons (Fsp3) is 0.219. The number of rotatable bonds is 6. The highest BCUT2D eigenvalue weighted by molar-refractivity contribution is 6.05. The minimum Gasteiger partial charge on any atom is -0.369 e. The number of imidazole rings is 1. The van der Waals surface area contributed by atoms with E-state index in [-0.39, 0.29) is 8.76 Å². The van der Waals surface area contributed by atoms with Crippen molar-refractivity contribution in [1.29, 1.82) is 0 Å². The summed E-state index contributed by atoms with van der Waals surface area (Å²) >= 11 is 0. The Hall–Kier alpha value is -4.69. The van der Waals surface area contributed by atoms with Gasteiger partial charge in [0.1, 0.15) is 5.65 Å². The van der Waals surface area contributed by atoms with E-state index in [9.17, 15) is 4.79 Å². The van der Waals surface area contributed by atoms with Gasteiger partial charge in [-0.3, -0.25) is 4.79 Å². The van der Waals surface area contributed by atoms with E-state index in [1.807, 2.05) is 43.1 Å². The van der Waals surface area contributed by atoms with Crippen molar-refractivity contribution in [1.82, 2.24) is 24.4 Å². The lowest BCUT2D eigenvalue weighted by Gasteiger charge is -2.34. The third kappa shape index (κ3) is 4.89. The Bertz CT molecular complexity index is 1720. The Balaban J connectivity index is 0.00000202. The van der Waals surface area contributed by atoms with Crippen molar-refractivity contribution >= 4 is 28.3 Å². The molecule has 0 atom stereocenters. The topological polar surface area (TPSA) is 82.1 Å². The average molecular weight is 536 g/mol. The molecule has 4 heterocycles. The number of aromatic amines is 1. The summed E-state index contributed by atoms with van der Waals surface area (Å²) in [6.07, 6.45) is 6.92. The maximum absolute atomic E-state index is 12.2. The first-order valence-corrected chi connectivity index (χ1v) is 13.5. The van der Waals surface area contributed by atoms with E-state index in [0.29, 0.717) is 0 Å². The number of aromatic nitrogens is 4. The van der Waals surface area contributed by atoms with Gasteiger partial charge >= 0.3 is 0 Å². The van der Waals surface area contributed by atoms with Crippen molar-refractivity contribution in [2.24, 2.45) is 7.05 Å². The maximum atomic E-state index is 12.2. The Kier molecular flexibility index (Phi) is 6.69. The molecule has 1 amide bonds. The molecule has 40 heavy (non-hydrogen) atoms. The quantitative estimate of drug-likeness (QED) is 0.262. The molecule has 6 rings (SSSR count). The molecule has 5 aromatic rings. The molecule has 0 spiro atoms. The van der Waals surface area contributed by atoms with Gasteiger partial charge in [0.05, 0.1) is 17.7 Å². The molecule has 0 unspecified atom stereocenters. The van der Waals surface area contributed by atoms with Gasteiger partial charge in [0.15, 0.2) is 0 Å². The van der Waals surface area contributed by atoms with E-state index < -0.39 is 0 Å². The summed E-state index contributed by atoms with van der Waals surface area (Å²) in [4.78, 5) is 29.9. The smallest absolute Gasteiger partial charge is 0.247 e. The lowest BCUT2D eigenvalue weighted by Crippen LogP contribution is -2.44. The summed E-state index contributed by atoms with van der Waals surface area (Å²) in [6, 6.07) is 17.0. The van der Waals surface area contributed by atoms with Crippen LogP contribution in [0.2, 0.25) is 0 Å². The highest BCUT2D eigenvalue weighted by Gasteiger charge is 2.20. The van der Waals surface area contributed by atoms with Gasteiger partial charge in [-0.25, -0.2) is 9.97 Å². The Morgan fingerprint density at radius 3 is 2.45 bits per heavy atom. The molecule has 2 aromatic carbocycles. The number of fused-ring (bicyclic) bond motifs is 1. The van der Waals surface area contributed by atoms with Gasteiger partial charge < -0.3 is 24.7 Å². The molecule has 8 nitrogen and oxygen atoms in total. The number of anilines is 2. The number of H-pyrrole nitrogens is 1. The summed E-state index contributed by atoms with van der Waals surface area (Å²) in [7, 11) is 4.13. The molecule has 1 saturated heterocycles. The first-order valence-electron chi connectivity index (χ1n) is 13.5. The standard InChI is InChI=1S/C32H33N7O.2H2/c1-5-29(40)35-27-17-23(7-6-21(27)2)30-26-16-24(28-19-38(4)20-34-28)18-33-32(26)36-31(30)22-8-10-25(11-9-22)39-14-12-37(3)13-15-39;;/h5-11,16-20H,1,12-15H2,2-4H3,(H,33,36)(H,35,40);2*1H. The zero-order chi connectivity index (χ0) is 27.8. The first kappa shape index (κ1) is 25.6. The predicted molar refractivity (Wildman–Crippen MR) is 167 cm³/mol. The Morgan fingerprint density at radius 1 is 1.00 bits per heavy atom. The first-order chi connectivity index (χ1) is 19.4. The summed E-state index contributed by atoms with van der Waals surface area (Å²) < 4.78 is 1.93. The molecular weight excluding hydrogens is 498 g/mol. The number of carbonyl (C=O) groups excluding carboxylic acids is 1. The van der Waals surface area contributed by atoms with E-state index >= 15 is 0 Å². The summed E-state index contributed by atoms with van der Waals surface area (Å²) in [5.41, 5.74) is 9.63. The summed E-state index contributed by atoms with van der Waals surface area (Å²) in [6.45, 7) is 9.76. The Labute approximate surface area is 237 Å². The van der Waals surface area contributed by atoms with Crippen LogP contribution in [0.25, 0.3) is 44.7 Å². The molecule has 0 aliphatic carbocycles. The normalized spacial score (nSPS) is 14.0. The van der Waals surface area contributed by atoms with Gasteiger partial charge in [-0.15, -0.1) is 0 Å². The number of nitrogens with one attached hydrogen (secondary N) is 2. The number of nitrogens with zero attached hydrogens (tertiary/aromatic N) is 5. The number of piperazine rings is 1. The SMILES string of the molecule is C=CC(=O)Nc1cc(-c2c(-c3ccc(N4CCN(C)CC4)cc3)[nH]c3ncc(-c4cn(C)cn4)cc23)ccc1C.[HH].[HH]. The molecule has 3 aromatic heterocycles. The number of aryl methyl sites for hydroxylation is 2. The van der Waals surface area contributed by atoms with Crippen molar-refractivity contribution in [2.75, 3.05) is 43.4 Å². The predicted octanol–water partition coefficient (Wildman–Crippen LogP) is 5.97. The van der Waals surface area contributed by atoms with Crippen LogP contribution in [-0.4, -0.2) is 63.6 Å². The molecule has 1 aliphatic rings. The summed E-state index contributed by atoms with van der Waals surface area (Å²) in [5.74, 6) is -0.238. The van der Waals surface area contributed by atoms with Crippen LogP contribution in [-0.2, 0) is 11.8 Å². The number of likely N-dealkylation sites (N-methyl/N-ethyl adjacent to an activating group) is 1. The number of benzene rings is 2. The van der Waals surface area contributed by atoms with Gasteiger partial charge in [-0.2, -0.15) is 0 Å². The molecular formula is C32H37N7O. The number of pyridine rings is 1. The Morgan fingerprint density at radius 2 is 1.75 bits per heavy atom. The van der Waals surface area contributed by atoms with Crippen LogP contribution in [0.5, 0.6) is 0 Å². The lowest BCUT2D eigenvalue weighted by molar-refractivity contribution is -0.111. The van der Waals surface area contributed by atoms with Gasteiger partial charge in [0.2, 0.25) is 5.91 Å². The minimum atomic E-state index is -0.238. The third-order valence-corrected chi connectivity index (χ3v) is 7.64. The second-order valence-corrected chi connectivity index (χ2v) is 10.5. The second-order valence-electron chi connectivity index (χ2n) is 10.5. The van der Waals surface area contributed by atoms with E-state index in [1.54, 1.807) is 6.33 Å². The van der Waals surface area contributed by atoms with Gasteiger partial charge in [-0.1, -0.05) is 30.8 Å². The van der Waals surface area contributed by atoms with Crippen LogP contribution < -0.4 is 10.2 Å². The minimum absolute atomic E-state index is 0. The molecule has 1 fully saturated rings. The van der Waals surface area contributed by atoms with Crippen LogP contribution in [0.3, 0.4) is 0 Å². The monoisotopic (exact) mass is 535 g/mol. The van der Waals surface area contributed by atoms with Crippen LogP contribution in [0.1, 0.15) is 8.42 Å². The zero-order valence-corrected chi connectivity index (χ0v) is 23.1. The van der Waals surface area contributed by atoms with E-state index in [0.717, 1.165) is 82.1 Å². The fourth-order valence-electron chi connectivity index (χ4n) is 5.29. The van der Waals surface area contributed by atoms with Crippen molar-refractivity contribution in [3.63, 3.8) is 0 Å². The number of hydrogen-bond acceptors (Lipinski definition) is 5. The second kappa shape index (κ2) is 10.5. The molecule has 0 saturated carbocycles. The molecule has 0 bridgehead atoms. The van der Waals surface area contributed by atoms with Gasteiger partial charge in [-0.05, 0) is 61.0 Å². The zero-order valence-electron chi connectivity index (χ0n) is 23.1. The van der Waals surface area contributed by atoms with Crippen LogP contribution in [0, 0.1) is 6.92 Å². The third-order valence-electron chi connectivity index (χ3n) is 7.64. The van der Waals surface area contributed by atoms with Crippen LogP contribution in [0.15, 0.2) is 79.9 Å². The van der Waals surface area contributed by atoms with Crippen molar-refractivity contribution in [2.45, 2.75) is 6.92 Å². The van der Waals surface area contributed by atoms with Gasteiger partial charge in [0.25, 0.3) is 0 Å². The number of amides is 1. The average Bonchev–Trinajstić information content (AvgIpc) is 3.58. The van der Waals surface area contributed by atoms with Crippen LogP contribution in [0.4, 0.5) is 11.4 Å². The van der Waals surface area contributed by atoms with Gasteiger partial charge in [0, 0.05) is 76.4 Å².